The highest BCUT2D eigenvalue weighted by Crippen LogP contribution is 2.10. The van der Waals surface area contributed by atoms with Gasteiger partial charge in [0.25, 0.3) is 0 Å². The molecule has 2 rings (SSSR count). The molecule has 0 radical (unpaired) electrons. The summed E-state index contributed by atoms with van der Waals surface area (Å²) in [6, 6.07) is 18.6. The summed E-state index contributed by atoms with van der Waals surface area (Å²) in [5.41, 5.74) is 9.13. The van der Waals surface area contributed by atoms with E-state index in [1.165, 1.54) is 11.1 Å². The van der Waals surface area contributed by atoms with Gasteiger partial charge < -0.3 is 5.73 Å². The second-order valence-electron chi connectivity index (χ2n) is 4.72. The summed E-state index contributed by atoms with van der Waals surface area (Å²) in [7, 11) is 2.11. The molecule has 0 atom stereocenters. The number of benzene rings is 2. The Bertz CT molecular complexity index is 552. The van der Waals surface area contributed by atoms with Gasteiger partial charge in [-0.1, -0.05) is 60.7 Å². The van der Waals surface area contributed by atoms with E-state index in [1.54, 1.807) is 0 Å². The van der Waals surface area contributed by atoms with Crippen LogP contribution in [0.5, 0.6) is 0 Å². The molecular weight excluding hydrogens is 252 g/mol. The summed E-state index contributed by atoms with van der Waals surface area (Å²) >= 11 is 5.00. The van der Waals surface area contributed by atoms with Crippen molar-refractivity contribution in [2.24, 2.45) is 5.73 Å². The number of nitrogens with zero attached hydrogens (tertiary/aromatic N) is 1. The van der Waals surface area contributed by atoms with Gasteiger partial charge in [-0.05, 0) is 24.2 Å². The fraction of sp³-hybridized carbons (Fsp3) is 0.188. The van der Waals surface area contributed by atoms with Gasteiger partial charge in [0.1, 0.15) is 4.99 Å². The minimum Gasteiger partial charge on any atom is -0.389 e. The van der Waals surface area contributed by atoms with E-state index in [1.807, 2.05) is 18.2 Å². The highest BCUT2D eigenvalue weighted by molar-refractivity contribution is 7.80. The zero-order valence-corrected chi connectivity index (χ0v) is 11.9. The third-order valence-electron chi connectivity index (χ3n) is 2.96. The second-order valence-corrected chi connectivity index (χ2v) is 5.16. The maximum atomic E-state index is 5.65. The van der Waals surface area contributed by atoms with Gasteiger partial charge in [0.05, 0.1) is 0 Å². The Morgan fingerprint density at radius 1 is 1.00 bits per heavy atom. The number of hydrogen-bond donors (Lipinski definition) is 1. The van der Waals surface area contributed by atoms with Gasteiger partial charge in [-0.25, -0.2) is 0 Å². The summed E-state index contributed by atoms with van der Waals surface area (Å²) in [5.74, 6) is 0. The van der Waals surface area contributed by atoms with E-state index in [0.29, 0.717) is 4.99 Å². The molecule has 0 aromatic heterocycles. The van der Waals surface area contributed by atoms with Crippen molar-refractivity contribution >= 4 is 17.2 Å². The van der Waals surface area contributed by atoms with E-state index in [4.69, 9.17) is 18.0 Å². The molecule has 98 valence electrons. The van der Waals surface area contributed by atoms with Crippen LogP contribution in [-0.4, -0.2) is 16.9 Å². The van der Waals surface area contributed by atoms with Crippen LogP contribution in [0, 0.1) is 0 Å². The standard InChI is InChI=1S/C16H18N2S/c1-18(11-13-6-3-2-4-7-13)12-14-8-5-9-15(10-14)16(17)19/h2-10H,11-12H2,1H3,(H2,17,19). The summed E-state index contributed by atoms with van der Waals surface area (Å²) in [6.45, 7) is 1.81. The number of thiocarbonyl (C=S) groups is 1. The molecule has 2 aromatic rings. The Morgan fingerprint density at radius 3 is 2.32 bits per heavy atom. The summed E-state index contributed by atoms with van der Waals surface area (Å²) < 4.78 is 0. The molecule has 0 spiro atoms. The van der Waals surface area contributed by atoms with Crippen LogP contribution in [0.2, 0.25) is 0 Å². The van der Waals surface area contributed by atoms with Crippen molar-refractivity contribution in [3.05, 3.63) is 71.3 Å². The van der Waals surface area contributed by atoms with E-state index in [-0.39, 0.29) is 0 Å². The van der Waals surface area contributed by atoms with Gasteiger partial charge in [0.15, 0.2) is 0 Å². The van der Waals surface area contributed by atoms with Crippen molar-refractivity contribution in [2.45, 2.75) is 13.1 Å². The molecule has 0 aliphatic rings. The monoisotopic (exact) mass is 270 g/mol. The molecule has 0 fully saturated rings. The molecule has 2 aromatic carbocycles. The quantitative estimate of drug-likeness (QED) is 0.847. The van der Waals surface area contributed by atoms with E-state index >= 15 is 0 Å². The van der Waals surface area contributed by atoms with E-state index in [0.717, 1.165) is 18.7 Å². The molecule has 0 saturated carbocycles. The summed E-state index contributed by atoms with van der Waals surface area (Å²) in [6.07, 6.45) is 0. The summed E-state index contributed by atoms with van der Waals surface area (Å²) in [5, 5.41) is 0. The largest absolute Gasteiger partial charge is 0.389 e. The molecule has 0 aliphatic carbocycles. The Balaban J connectivity index is 2.01. The molecular formula is C16H18N2S. The van der Waals surface area contributed by atoms with Crippen molar-refractivity contribution < 1.29 is 0 Å². The predicted octanol–water partition coefficient (Wildman–Crippen LogP) is 2.95. The molecule has 0 saturated heterocycles. The Kier molecular flexibility index (Phi) is 4.66. The first-order chi connectivity index (χ1) is 9.15. The number of nitrogens with two attached hydrogens (primary N) is 1. The van der Waals surface area contributed by atoms with Gasteiger partial charge >= 0.3 is 0 Å². The lowest BCUT2D eigenvalue weighted by atomic mass is 10.1. The minimum atomic E-state index is 0.451. The molecule has 3 heteroatoms. The van der Waals surface area contributed by atoms with E-state index in [9.17, 15) is 0 Å². The second kappa shape index (κ2) is 6.45. The maximum absolute atomic E-state index is 5.65. The van der Waals surface area contributed by atoms with Crippen LogP contribution in [0.1, 0.15) is 16.7 Å². The van der Waals surface area contributed by atoms with Crippen molar-refractivity contribution in [3.63, 3.8) is 0 Å². The van der Waals surface area contributed by atoms with Crippen molar-refractivity contribution in [1.82, 2.24) is 4.90 Å². The van der Waals surface area contributed by atoms with E-state index < -0.39 is 0 Å². The smallest absolute Gasteiger partial charge is 0.103 e. The lowest BCUT2D eigenvalue weighted by molar-refractivity contribution is 0.319. The third-order valence-corrected chi connectivity index (χ3v) is 3.20. The molecule has 0 aliphatic heterocycles. The fourth-order valence-electron chi connectivity index (χ4n) is 2.09. The van der Waals surface area contributed by atoms with Crippen LogP contribution in [0.15, 0.2) is 54.6 Å². The fourth-order valence-corrected chi connectivity index (χ4v) is 2.21. The zero-order chi connectivity index (χ0) is 13.7. The average Bonchev–Trinajstić information content (AvgIpc) is 2.40. The predicted molar refractivity (Wildman–Crippen MR) is 83.9 cm³/mol. The molecule has 0 bridgehead atoms. The molecule has 19 heavy (non-hydrogen) atoms. The van der Waals surface area contributed by atoms with Gasteiger partial charge in [-0.2, -0.15) is 0 Å². The zero-order valence-electron chi connectivity index (χ0n) is 11.0. The minimum absolute atomic E-state index is 0.451. The van der Waals surface area contributed by atoms with Gasteiger partial charge in [-0.15, -0.1) is 0 Å². The summed E-state index contributed by atoms with van der Waals surface area (Å²) in [4.78, 5) is 2.72. The third kappa shape index (κ3) is 4.16. The first-order valence-corrected chi connectivity index (χ1v) is 6.67. The van der Waals surface area contributed by atoms with Crippen LogP contribution in [-0.2, 0) is 13.1 Å². The average molecular weight is 270 g/mol. The van der Waals surface area contributed by atoms with Crippen molar-refractivity contribution in [1.29, 1.82) is 0 Å². The SMILES string of the molecule is CN(Cc1ccccc1)Cc1cccc(C(N)=S)c1. The van der Waals surface area contributed by atoms with Gasteiger partial charge in [-0.3, -0.25) is 4.90 Å². The number of rotatable bonds is 5. The highest BCUT2D eigenvalue weighted by Gasteiger charge is 2.03. The van der Waals surface area contributed by atoms with Gasteiger partial charge in [0.2, 0.25) is 0 Å². The van der Waals surface area contributed by atoms with E-state index in [2.05, 4.69) is 48.3 Å². The van der Waals surface area contributed by atoms with Crippen LogP contribution >= 0.6 is 12.2 Å². The molecule has 0 amide bonds. The van der Waals surface area contributed by atoms with Crippen LogP contribution in [0.4, 0.5) is 0 Å². The Morgan fingerprint density at radius 2 is 1.63 bits per heavy atom. The highest BCUT2D eigenvalue weighted by atomic mass is 32.1. The maximum Gasteiger partial charge on any atom is 0.103 e. The van der Waals surface area contributed by atoms with Gasteiger partial charge in [0, 0.05) is 18.7 Å². The normalized spacial score (nSPS) is 10.6. The van der Waals surface area contributed by atoms with Crippen LogP contribution in [0.3, 0.4) is 0 Å². The molecule has 2 nitrogen and oxygen atoms in total. The van der Waals surface area contributed by atoms with Crippen LogP contribution in [0.25, 0.3) is 0 Å². The van der Waals surface area contributed by atoms with Crippen molar-refractivity contribution in [3.8, 4) is 0 Å². The molecule has 2 N–H and O–H groups in total. The lowest BCUT2D eigenvalue weighted by Gasteiger charge is -2.17. The first kappa shape index (κ1) is 13.7. The Hall–Kier alpha value is -1.71. The topological polar surface area (TPSA) is 29.3 Å². The van der Waals surface area contributed by atoms with Crippen LogP contribution < -0.4 is 5.73 Å². The number of hydrogen-bond acceptors (Lipinski definition) is 2. The molecule has 0 unspecified atom stereocenters. The Labute approximate surface area is 119 Å². The molecule has 0 heterocycles. The first-order valence-electron chi connectivity index (χ1n) is 6.26. The lowest BCUT2D eigenvalue weighted by Crippen LogP contribution is -2.18. The van der Waals surface area contributed by atoms with Crippen molar-refractivity contribution in [2.75, 3.05) is 7.05 Å².